The number of benzene rings is 1. The van der Waals surface area contributed by atoms with Gasteiger partial charge in [-0.3, -0.25) is 9.78 Å². The number of aryl methyl sites for hydroxylation is 2. The summed E-state index contributed by atoms with van der Waals surface area (Å²) in [6, 6.07) is 9.97. The van der Waals surface area contributed by atoms with Gasteiger partial charge >= 0.3 is 0 Å². The number of hydrogen-bond acceptors (Lipinski definition) is 4. The van der Waals surface area contributed by atoms with Gasteiger partial charge in [0.05, 0.1) is 5.56 Å². The van der Waals surface area contributed by atoms with Gasteiger partial charge in [-0.05, 0) is 41.7 Å². The fourth-order valence-corrected chi connectivity index (χ4v) is 2.96. The Balaban J connectivity index is 1.81. The third-order valence-electron chi connectivity index (χ3n) is 4.48. The second kappa shape index (κ2) is 7.95. The smallest absolute Gasteiger partial charge is 0.258 e. The van der Waals surface area contributed by atoms with Crippen molar-refractivity contribution < 1.29 is 5.11 Å². The fourth-order valence-electron chi connectivity index (χ4n) is 2.96. The highest BCUT2D eigenvalue weighted by Crippen LogP contribution is 2.23. The van der Waals surface area contributed by atoms with Crippen LogP contribution in [0.1, 0.15) is 42.3 Å². The van der Waals surface area contributed by atoms with Gasteiger partial charge in [0.2, 0.25) is 5.88 Å². The topological polar surface area (TPSA) is 78.9 Å². The number of nitrogens with one attached hydrogen (secondary N) is 1. The van der Waals surface area contributed by atoms with E-state index in [0.717, 1.165) is 35.1 Å². The Labute approximate surface area is 152 Å². The summed E-state index contributed by atoms with van der Waals surface area (Å²) in [4.78, 5) is 23.3. The van der Waals surface area contributed by atoms with Crippen LogP contribution in [0.15, 0.2) is 47.5 Å². The standard InChI is InChI=1S/C21H23N3O2/c1-3-4-5-19-23-20(25)18(21(26)24-19)12-15-6-8-16(9-7-15)17-10-11-22-13-14(17)2/h6-11,13H,3-5,12H2,1-2H3,(H2,23,24,25,26). The molecule has 2 heterocycles. The molecule has 3 aromatic rings. The average Bonchev–Trinajstić information content (AvgIpc) is 2.64. The van der Waals surface area contributed by atoms with Crippen LogP contribution in [-0.2, 0) is 12.8 Å². The van der Waals surface area contributed by atoms with Gasteiger partial charge in [0, 0.05) is 25.2 Å². The molecule has 0 aliphatic carbocycles. The highest BCUT2D eigenvalue weighted by atomic mass is 16.3. The molecule has 26 heavy (non-hydrogen) atoms. The van der Waals surface area contributed by atoms with Crippen molar-refractivity contribution in [2.75, 3.05) is 0 Å². The summed E-state index contributed by atoms with van der Waals surface area (Å²) >= 11 is 0. The molecule has 2 N–H and O–H groups in total. The molecule has 0 spiro atoms. The predicted octanol–water partition coefficient (Wildman–Crippen LogP) is 3.78. The maximum absolute atomic E-state index is 12.3. The Bertz CT molecular complexity index is 946. The van der Waals surface area contributed by atoms with Crippen molar-refractivity contribution in [1.29, 1.82) is 0 Å². The Kier molecular flexibility index (Phi) is 5.46. The first-order chi connectivity index (χ1) is 12.6. The molecule has 0 bridgehead atoms. The van der Waals surface area contributed by atoms with Gasteiger partial charge in [0.25, 0.3) is 5.56 Å². The molecule has 0 amide bonds. The first kappa shape index (κ1) is 17.9. The second-order valence-electron chi connectivity index (χ2n) is 6.48. The number of aromatic hydroxyl groups is 1. The molecule has 0 saturated heterocycles. The first-order valence-corrected chi connectivity index (χ1v) is 8.89. The van der Waals surface area contributed by atoms with Gasteiger partial charge in [-0.2, -0.15) is 0 Å². The zero-order chi connectivity index (χ0) is 18.5. The number of nitrogens with zero attached hydrogens (tertiary/aromatic N) is 2. The zero-order valence-electron chi connectivity index (χ0n) is 15.1. The Morgan fingerprint density at radius 3 is 2.58 bits per heavy atom. The van der Waals surface area contributed by atoms with Gasteiger partial charge in [0.15, 0.2) is 0 Å². The lowest BCUT2D eigenvalue weighted by molar-refractivity contribution is 0.440. The lowest BCUT2D eigenvalue weighted by Gasteiger charge is -2.08. The normalized spacial score (nSPS) is 10.8. The number of unbranched alkanes of at least 4 members (excludes halogenated alkanes) is 1. The third-order valence-corrected chi connectivity index (χ3v) is 4.48. The van der Waals surface area contributed by atoms with Crippen LogP contribution < -0.4 is 5.56 Å². The van der Waals surface area contributed by atoms with Crippen LogP contribution in [0.25, 0.3) is 11.1 Å². The maximum Gasteiger partial charge on any atom is 0.258 e. The van der Waals surface area contributed by atoms with Gasteiger partial charge in [-0.25, -0.2) is 4.98 Å². The molecular weight excluding hydrogens is 326 g/mol. The van der Waals surface area contributed by atoms with E-state index in [9.17, 15) is 9.90 Å². The summed E-state index contributed by atoms with van der Waals surface area (Å²) in [6.45, 7) is 4.10. The zero-order valence-corrected chi connectivity index (χ0v) is 15.1. The number of H-pyrrole nitrogens is 1. The Hall–Kier alpha value is -2.95. The van der Waals surface area contributed by atoms with E-state index in [0.29, 0.717) is 24.2 Å². The first-order valence-electron chi connectivity index (χ1n) is 8.89. The van der Waals surface area contributed by atoms with E-state index in [4.69, 9.17) is 0 Å². The van der Waals surface area contributed by atoms with Crippen molar-refractivity contribution in [3.05, 3.63) is 75.6 Å². The summed E-state index contributed by atoms with van der Waals surface area (Å²) in [7, 11) is 0. The maximum atomic E-state index is 12.3. The van der Waals surface area contributed by atoms with Gasteiger partial charge in [0.1, 0.15) is 5.82 Å². The van der Waals surface area contributed by atoms with E-state index in [1.165, 1.54) is 0 Å². The molecule has 2 aromatic heterocycles. The van der Waals surface area contributed by atoms with E-state index in [2.05, 4.69) is 21.9 Å². The van der Waals surface area contributed by atoms with Crippen LogP contribution >= 0.6 is 0 Å². The molecule has 0 atom stereocenters. The minimum absolute atomic E-state index is 0.172. The summed E-state index contributed by atoms with van der Waals surface area (Å²) in [6.07, 6.45) is 6.57. The van der Waals surface area contributed by atoms with Crippen molar-refractivity contribution in [3.8, 4) is 17.0 Å². The number of aromatic amines is 1. The summed E-state index contributed by atoms with van der Waals surface area (Å²) in [5.41, 5.74) is 4.33. The van der Waals surface area contributed by atoms with E-state index < -0.39 is 0 Å². The van der Waals surface area contributed by atoms with Gasteiger partial charge < -0.3 is 10.1 Å². The van der Waals surface area contributed by atoms with Crippen LogP contribution in [0.3, 0.4) is 0 Å². The van der Waals surface area contributed by atoms with Crippen molar-refractivity contribution in [3.63, 3.8) is 0 Å². The van der Waals surface area contributed by atoms with Crippen molar-refractivity contribution in [2.24, 2.45) is 0 Å². The van der Waals surface area contributed by atoms with Crippen LogP contribution in [0.5, 0.6) is 5.88 Å². The molecule has 134 valence electrons. The lowest BCUT2D eigenvalue weighted by atomic mass is 9.99. The van der Waals surface area contributed by atoms with Gasteiger partial charge in [-0.15, -0.1) is 0 Å². The minimum Gasteiger partial charge on any atom is -0.493 e. The van der Waals surface area contributed by atoms with Crippen LogP contribution in [-0.4, -0.2) is 20.1 Å². The molecule has 0 fully saturated rings. The Morgan fingerprint density at radius 1 is 1.15 bits per heavy atom. The fraction of sp³-hybridized carbons (Fsp3) is 0.286. The van der Waals surface area contributed by atoms with E-state index in [1.807, 2.05) is 43.5 Å². The molecule has 0 radical (unpaired) electrons. The molecule has 3 rings (SSSR count). The van der Waals surface area contributed by atoms with Crippen LogP contribution in [0, 0.1) is 6.92 Å². The average molecular weight is 349 g/mol. The van der Waals surface area contributed by atoms with Gasteiger partial charge in [-0.1, -0.05) is 37.6 Å². The lowest BCUT2D eigenvalue weighted by Crippen LogP contribution is -2.17. The highest BCUT2D eigenvalue weighted by Gasteiger charge is 2.12. The second-order valence-corrected chi connectivity index (χ2v) is 6.48. The predicted molar refractivity (Wildman–Crippen MR) is 102 cm³/mol. The number of aromatic nitrogens is 3. The molecule has 0 saturated carbocycles. The van der Waals surface area contributed by atoms with E-state index >= 15 is 0 Å². The monoisotopic (exact) mass is 349 g/mol. The number of pyridine rings is 1. The summed E-state index contributed by atoms with van der Waals surface area (Å²) in [5.74, 6) is 0.371. The van der Waals surface area contributed by atoms with E-state index in [-0.39, 0.29) is 11.4 Å². The third kappa shape index (κ3) is 3.99. The molecule has 5 heteroatoms. The van der Waals surface area contributed by atoms with Crippen LogP contribution in [0.4, 0.5) is 0 Å². The van der Waals surface area contributed by atoms with Crippen LogP contribution in [0.2, 0.25) is 0 Å². The number of rotatable bonds is 6. The van der Waals surface area contributed by atoms with E-state index in [1.54, 1.807) is 6.20 Å². The summed E-state index contributed by atoms with van der Waals surface area (Å²) < 4.78 is 0. The molecular formula is C21H23N3O2. The summed E-state index contributed by atoms with van der Waals surface area (Å²) in [5, 5.41) is 10.2. The molecule has 0 unspecified atom stereocenters. The molecule has 0 aliphatic rings. The molecule has 1 aromatic carbocycles. The Morgan fingerprint density at radius 2 is 1.92 bits per heavy atom. The SMILES string of the molecule is CCCCc1nc(O)c(Cc2ccc(-c3ccncc3C)cc2)c(=O)[nH]1. The van der Waals surface area contributed by atoms with Crippen molar-refractivity contribution in [1.82, 2.24) is 15.0 Å². The van der Waals surface area contributed by atoms with Crippen molar-refractivity contribution >= 4 is 0 Å². The quantitative estimate of drug-likeness (QED) is 0.710. The molecule has 5 nitrogen and oxygen atoms in total. The largest absolute Gasteiger partial charge is 0.493 e. The number of hydrogen-bond donors (Lipinski definition) is 2. The minimum atomic E-state index is -0.266. The molecule has 0 aliphatic heterocycles. The van der Waals surface area contributed by atoms with Crippen molar-refractivity contribution in [2.45, 2.75) is 39.5 Å². The highest BCUT2D eigenvalue weighted by molar-refractivity contribution is 5.66.